The standard InChI is InChI=1S/C27H30N2/c1-4-12-22(13-5-1)20-28-25-18-10-11-19-26(25)29(21-23-14-6-2-7-15-23)27(28)24-16-8-3-9-17-24/h1-9,12-17,25-27H,10-11,18-21H2/t25-,26-/m0/s1. The molecular formula is C27H30N2. The van der Waals surface area contributed by atoms with Crippen LogP contribution >= 0.6 is 0 Å². The van der Waals surface area contributed by atoms with Crippen LogP contribution in [0.5, 0.6) is 0 Å². The first-order valence-corrected chi connectivity index (χ1v) is 11.0. The Morgan fingerprint density at radius 3 is 1.41 bits per heavy atom. The van der Waals surface area contributed by atoms with E-state index in [4.69, 9.17) is 0 Å². The van der Waals surface area contributed by atoms with Crippen molar-refractivity contribution in [2.45, 2.75) is 57.0 Å². The Balaban J connectivity index is 1.54. The summed E-state index contributed by atoms with van der Waals surface area (Å²) in [5.41, 5.74) is 4.26. The molecule has 0 N–H and O–H groups in total. The third kappa shape index (κ3) is 3.88. The highest BCUT2D eigenvalue weighted by molar-refractivity contribution is 5.25. The lowest BCUT2D eigenvalue weighted by atomic mass is 9.90. The van der Waals surface area contributed by atoms with Crippen LogP contribution in [0.1, 0.15) is 48.5 Å². The first-order chi connectivity index (χ1) is 14.4. The summed E-state index contributed by atoms with van der Waals surface area (Å²) < 4.78 is 0. The van der Waals surface area contributed by atoms with Gasteiger partial charge in [0.15, 0.2) is 0 Å². The van der Waals surface area contributed by atoms with E-state index >= 15 is 0 Å². The highest BCUT2D eigenvalue weighted by atomic mass is 15.5. The van der Waals surface area contributed by atoms with Crippen molar-refractivity contribution in [2.75, 3.05) is 0 Å². The van der Waals surface area contributed by atoms with Gasteiger partial charge in [0.25, 0.3) is 0 Å². The van der Waals surface area contributed by atoms with Crippen LogP contribution in [0, 0.1) is 0 Å². The van der Waals surface area contributed by atoms with Crippen molar-refractivity contribution in [2.24, 2.45) is 0 Å². The summed E-state index contributed by atoms with van der Waals surface area (Å²) in [5.74, 6) is 0. The van der Waals surface area contributed by atoms with Crippen LogP contribution in [0.4, 0.5) is 0 Å². The van der Waals surface area contributed by atoms with Crippen LogP contribution < -0.4 is 0 Å². The SMILES string of the molecule is c1ccc(CN2C(c3ccccc3)N(Cc3ccccc3)[C@H]3CCCC[C@@H]32)cc1. The quantitative estimate of drug-likeness (QED) is 0.533. The summed E-state index contributed by atoms with van der Waals surface area (Å²) in [6, 6.07) is 34.5. The number of nitrogens with zero attached hydrogens (tertiary/aromatic N) is 2. The lowest BCUT2D eigenvalue weighted by Gasteiger charge is -2.32. The molecule has 0 unspecified atom stereocenters. The van der Waals surface area contributed by atoms with Gasteiger partial charge in [-0.3, -0.25) is 9.80 Å². The average Bonchev–Trinajstić information content (AvgIpc) is 3.09. The minimum absolute atomic E-state index is 0.338. The predicted molar refractivity (Wildman–Crippen MR) is 119 cm³/mol. The lowest BCUT2D eigenvalue weighted by Crippen LogP contribution is -2.39. The Bertz CT molecular complexity index is 836. The molecule has 29 heavy (non-hydrogen) atoms. The van der Waals surface area contributed by atoms with Crippen LogP contribution in [0.3, 0.4) is 0 Å². The van der Waals surface area contributed by atoms with E-state index in [1.54, 1.807) is 0 Å². The topological polar surface area (TPSA) is 6.48 Å². The molecule has 2 aliphatic rings. The van der Waals surface area contributed by atoms with Crippen LogP contribution in [0.2, 0.25) is 0 Å². The second-order valence-corrected chi connectivity index (χ2v) is 8.52. The lowest BCUT2D eigenvalue weighted by molar-refractivity contribution is 0.102. The zero-order valence-corrected chi connectivity index (χ0v) is 17.0. The molecule has 1 saturated heterocycles. The van der Waals surface area contributed by atoms with E-state index in [1.807, 2.05) is 0 Å². The minimum Gasteiger partial charge on any atom is -0.275 e. The van der Waals surface area contributed by atoms with E-state index in [0.29, 0.717) is 18.2 Å². The van der Waals surface area contributed by atoms with Crippen molar-refractivity contribution in [3.05, 3.63) is 108 Å². The van der Waals surface area contributed by atoms with Crippen LogP contribution in [-0.2, 0) is 13.1 Å². The molecule has 0 bridgehead atoms. The van der Waals surface area contributed by atoms with Gasteiger partial charge in [0.2, 0.25) is 0 Å². The smallest absolute Gasteiger partial charge is 0.0897 e. The first-order valence-electron chi connectivity index (χ1n) is 11.0. The normalized spacial score (nSPS) is 23.2. The van der Waals surface area contributed by atoms with Crippen molar-refractivity contribution in [1.82, 2.24) is 9.80 Å². The van der Waals surface area contributed by atoms with Gasteiger partial charge in [0.1, 0.15) is 0 Å². The second kappa shape index (κ2) is 8.52. The Hall–Kier alpha value is -2.42. The summed E-state index contributed by atoms with van der Waals surface area (Å²) in [4.78, 5) is 5.58. The molecular weight excluding hydrogens is 352 g/mol. The van der Waals surface area contributed by atoms with Gasteiger partial charge in [0.05, 0.1) is 6.17 Å². The monoisotopic (exact) mass is 382 g/mol. The van der Waals surface area contributed by atoms with Gasteiger partial charge >= 0.3 is 0 Å². The molecule has 0 radical (unpaired) electrons. The van der Waals surface area contributed by atoms with Crippen molar-refractivity contribution in [3.63, 3.8) is 0 Å². The molecule has 5 rings (SSSR count). The van der Waals surface area contributed by atoms with Gasteiger partial charge in [-0.25, -0.2) is 0 Å². The highest BCUT2D eigenvalue weighted by Crippen LogP contribution is 2.45. The summed E-state index contributed by atoms with van der Waals surface area (Å²) >= 11 is 0. The van der Waals surface area contributed by atoms with E-state index < -0.39 is 0 Å². The fraction of sp³-hybridized carbons (Fsp3) is 0.333. The number of benzene rings is 3. The van der Waals surface area contributed by atoms with Gasteiger partial charge in [-0.1, -0.05) is 104 Å². The van der Waals surface area contributed by atoms with Gasteiger partial charge < -0.3 is 0 Å². The molecule has 2 heteroatoms. The molecule has 0 spiro atoms. The first kappa shape index (κ1) is 18.6. The maximum atomic E-state index is 2.79. The molecule has 2 atom stereocenters. The van der Waals surface area contributed by atoms with Gasteiger partial charge in [-0.2, -0.15) is 0 Å². The van der Waals surface area contributed by atoms with Crippen molar-refractivity contribution in [1.29, 1.82) is 0 Å². The molecule has 1 aliphatic heterocycles. The number of fused-ring (bicyclic) bond motifs is 1. The molecule has 1 saturated carbocycles. The molecule has 148 valence electrons. The fourth-order valence-electron chi connectivity index (χ4n) is 5.42. The van der Waals surface area contributed by atoms with Crippen molar-refractivity contribution in [3.8, 4) is 0 Å². The van der Waals surface area contributed by atoms with Gasteiger partial charge in [-0.15, -0.1) is 0 Å². The number of hydrogen-bond acceptors (Lipinski definition) is 2. The predicted octanol–water partition coefficient (Wildman–Crippen LogP) is 6.01. The average molecular weight is 383 g/mol. The summed E-state index contributed by atoms with van der Waals surface area (Å²) in [6.45, 7) is 2.04. The maximum Gasteiger partial charge on any atom is 0.0897 e. The van der Waals surface area contributed by atoms with E-state index in [0.717, 1.165) is 13.1 Å². The zero-order valence-electron chi connectivity index (χ0n) is 17.0. The fourth-order valence-corrected chi connectivity index (χ4v) is 5.42. The van der Waals surface area contributed by atoms with Crippen LogP contribution in [0.15, 0.2) is 91.0 Å². The Kier molecular flexibility index (Phi) is 5.47. The molecule has 2 fully saturated rings. The third-order valence-corrected chi connectivity index (χ3v) is 6.69. The molecule has 3 aromatic rings. The number of hydrogen-bond donors (Lipinski definition) is 0. The summed E-state index contributed by atoms with van der Waals surface area (Å²) in [7, 11) is 0. The largest absolute Gasteiger partial charge is 0.275 e. The maximum absolute atomic E-state index is 2.79. The zero-order chi connectivity index (χ0) is 19.5. The Labute approximate surface area is 174 Å². The van der Waals surface area contributed by atoms with E-state index in [1.165, 1.54) is 42.4 Å². The van der Waals surface area contributed by atoms with E-state index in [2.05, 4.69) is 101 Å². The van der Waals surface area contributed by atoms with Crippen LogP contribution in [0.25, 0.3) is 0 Å². The third-order valence-electron chi connectivity index (χ3n) is 6.69. The summed E-state index contributed by atoms with van der Waals surface area (Å²) in [5, 5.41) is 0. The molecule has 1 aliphatic carbocycles. The minimum atomic E-state index is 0.338. The Morgan fingerprint density at radius 2 is 0.966 bits per heavy atom. The van der Waals surface area contributed by atoms with Gasteiger partial charge in [0, 0.05) is 25.2 Å². The molecule has 0 amide bonds. The molecule has 2 nitrogen and oxygen atoms in total. The second-order valence-electron chi connectivity index (χ2n) is 8.52. The van der Waals surface area contributed by atoms with Crippen molar-refractivity contribution < 1.29 is 0 Å². The summed E-state index contributed by atoms with van der Waals surface area (Å²) in [6.07, 6.45) is 5.67. The Morgan fingerprint density at radius 1 is 0.552 bits per heavy atom. The van der Waals surface area contributed by atoms with Gasteiger partial charge in [-0.05, 0) is 29.5 Å². The van der Waals surface area contributed by atoms with Crippen molar-refractivity contribution >= 4 is 0 Å². The highest BCUT2D eigenvalue weighted by Gasteiger charge is 2.47. The molecule has 1 heterocycles. The van der Waals surface area contributed by atoms with E-state index in [-0.39, 0.29) is 0 Å². The van der Waals surface area contributed by atoms with Crippen LogP contribution in [-0.4, -0.2) is 21.9 Å². The number of rotatable bonds is 5. The molecule has 3 aromatic carbocycles. The van der Waals surface area contributed by atoms with E-state index in [9.17, 15) is 0 Å². The molecule has 0 aromatic heterocycles.